The smallest absolute Gasteiger partial charge is 0.147 e. The van der Waals surface area contributed by atoms with Gasteiger partial charge in [0.25, 0.3) is 0 Å². The Labute approximate surface area is 112 Å². The fourth-order valence-corrected chi connectivity index (χ4v) is 2.04. The summed E-state index contributed by atoms with van der Waals surface area (Å²) in [6.45, 7) is 1.84. The van der Waals surface area contributed by atoms with Crippen molar-refractivity contribution >= 4 is 21.6 Å². The molecule has 0 aliphatic carbocycles. The maximum absolute atomic E-state index is 13.6. The summed E-state index contributed by atoms with van der Waals surface area (Å²) in [4.78, 5) is 4.16. The van der Waals surface area contributed by atoms with Crippen molar-refractivity contribution in [1.82, 2.24) is 9.55 Å². The van der Waals surface area contributed by atoms with Crippen LogP contribution in [0.25, 0.3) is 0 Å². The number of aromatic nitrogens is 2. The average molecular weight is 316 g/mol. The molecule has 1 atom stereocenters. The molecule has 1 aromatic carbocycles. The third kappa shape index (κ3) is 2.53. The van der Waals surface area contributed by atoms with E-state index in [1.54, 1.807) is 12.4 Å². The molecule has 6 heteroatoms. The third-order valence-electron chi connectivity index (χ3n) is 2.63. The minimum absolute atomic E-state index is 0.107. The van der Waals surface area contributed by atoms with Crippen molar-refractivity contribution in [3.63, 3.8) is 0 Å². The van der Waals surface area contributed by atoms with Crippen LogP contribution in [0.4, 0.5) is 14.5 Å². The largest absolute Gasteiger partial charge is 0.373 e. The Morgan fingerprint density at radius 3 is 2.67 bits per heavy atom. The lowest BCUT2D eigenvalue weighted by Crippen LogP contribution is -2.13. The van der Waals surface area contributed by atoms with Gasteiger partial charge in [-0.2, -0.15) is 0 Å². The molecule has 0 aliphatic rings. The van der Waals surface area contributed by atoms with Crippen LogP contribution >= 0.6 is 15.9 Å². The molecule has 0 aliphatic heterocycles. The molecule has 0 bridgehead atoms. The molecule has 0 fully saturated rings. The Hall–Kier alpha value is -1.43. The summed E-state index contributed by atoms with van der Waals surface area (Å²) >= 11 is 2.94. The number of hydrogen-bond donors (Lipinski definition) is 1. The van der Waals surface area contributed by atoms with E-state index >= 15 is 0 Å². The average Bonchev–Trinajstić information content (AvgIpc) is 2.72. The first-order valence-corrected chi connectivity index (χ1v) is 6.16. The molecular formula is C12H12BrF2N3. The fourth-order valence-electron chi connectivity index (χ4n) is 1.73. The number of nitrogens with zero attached hydrogens (tertiary/aromatic N) is 2. The molecule has 1 aromatic heterocycles. The van der Waals surface area contributed by atoms with Gasteiger partial charge in [-0.05, 0) is 28.9 Å². The van der Waals surface area contributed by atoms with Crippen LogP contribution in [0.15, 0.2) is 29.0 Å². The van der Waals surface area contributed by atoms with E-state index < -0.39 is 11.6 Å². The van der Waals surface area contributed by atoms with Gasteiger partial charge in [-0.1, -0.05) is 0 Å². The summed E-state index contributed by atoms with van der Waals surface area (Å²) in [6, 6.07) is 2.00. The summed E-state index contributed by atoms with van der Waals surface area (Å²) in [7, 11) is 1.85. The second kappa shape index (κ2) is 5.06. The molecule has 0 radical (unpaired) electrons. The van der Waals surface area contributed by atoms with Crippen LogP contribution in [0, 0.1) is 11.6 Å². The predicted molar refractivity (Wildman–Crippen MR) is 69.3 cm³/mol. The van der Waals surface area contributed by atoms with Crippen LogP contribution in [0.5, 0.6) is 0 Å². The summed E-state index contributed by atoms with van der Waals surface area (Å²) in [5.74, 6) is -0.270. The molecule has 0 amide bonds. The molecule has 96 valence electrons. The zero-order valence-electron chi connectivity index (χ0n) is 9.92. The lowest BCUT2D eigenvalue weighted by atomic mass is 10.2. The highest BCUT2D eigenvalue weighted by atomic mass is 79.9. The summed E-state index contributed by atoms with van der Waals surface area (Å²) in [6.07, 6.45) is 3.46. The second-order valence-corrected chi connectivity index (χ2v) is 4.86. The van der Waals surface area contributed by atoms with Gasteiger partial charge >= 0.3 is 0 Å². The Morgan fingerprint density at radius 1 is 1.33 bits per heavy atom. The van der Waals surface area contributed by atoms with Crippen LogP contribution in [-0.2, 0) is 7.05 Å². The van der Waals surface area contributed by atoms with Gasteiger partial charge in [-0.3, -0.25) is 0 Å². The van der Waals surface area contributed by atoms with Crippen molar-refractivity contribution in [1.29, 1.82) is 0 Å². The van der Waals surface area contributed by atoms with E-state index in [4.69, 9.17) is 0 Å². The van der Waals surface area contributed by atoms with Gasteiger partial charge in [0.05, 0.1) is 16.2 Å². The molecule has 0 saturated heterocycles. The zero-order chi connectivity index (χ0) is 13.3. The number of nitrogens with one attached hydrogen (secondary N) is 1. The first kappa shape index (κ1) is 13.0. The minimum Gasteiger partial charge on any atom is -0.373 e. The number of anilines is 1. The fraction of sp³-hybridized carbons (Fsp3) is 0.250. The molecule has 0 spiro atoms. The van der Waals surface area contributed by atoms with Crippen molar-refractivity contribution in [3.05, 3.63) is 46.5 Å². The van der Waals surface area contributed by atoms with Crippen molar-refractivity contribution in [2.24, 2.45) is 7.05 Å². The van der Waals surface area contributed by atoms with Gasteiger partial charge in [-0.25, -0.2) is 13.8 Å². The molecule has 1 unspecified atom stereocenters. The molecule has 1 N–H and O–H groups in total. The Bertz CT molecular complexity index is 568. The van der Waals surface area contributed by atoms with Gasteiger partial charge in [0.2, 0.25) is 0 Å². The maximum atomic E-state index is 13.6. The molecule has 3 nitrogen and oxygen atoms in total. The summed E-state index contributed by atoms with van der Waals surface area (Å²) in [5.41, 5.74) is 0.117. The zero-order valence-corrected chi connectivity index (χ0v) is 11.5. The van der Waals surface area contributed by atoms with Crippen LogP contribution in [0.1, 0.15) is 18.8 Å². The molecule has 1 heterocycles. The Kier molecular flexibility index (Phi) is 3.65. The third-order valence-corrected chi connectivity index (χ3v) is 3.24. The van der Waals surface area contributed by atoms with Crippen LogP contribution in [0.2, 0.25) is 0 Å². The number of halogens is 3. The second-order valence-electron chi connectivity index (χ2n) is 4.01. The van der Waals surface area contributed by atoms with Crippen molar-refractivity contribution in [3.8, 4) is 0 Å². The molecule has 2 rings (SSSR count). The first-order valence-electron chi connectivity index (χ1n) is 5.37. The normalized spacial score (nSPS) is 12.5. The SMILES string of the molecule is CC(Nc1cc(F)c(Br)cc1F)c1nccn1C. The van der Waals surface area contributed by atoms with Crippen LogP contribution < -0.4 is 5.32 Å². The van der Waals surface area contributed by atoms with Crippen molar-refractivity contribution in [2.75, 3.05) is 5.32 Å². The lowest BCUT2D eigenvalue weighted by Gasteiger charge is -2.16. The van der Waals surface area contributed by atoms with E-state index in [1.807, 2.05) is 18.5 Å². The van der Waals surface area contributed by atoms with E-state index in [1.165, 1.54) is 0 Å². The summed E-state index contributed by atoms with van der Waals surface area (Å²) in [5, 5.41) is 2.90. The maximum Gasteiger partial charge on any atom is 0.147 e. The molecule has 0 saturated carbocycles. The monoisotopic (exact) mass is 315 g/mol. The Morgan fingerprint density at radius 2 is 2.06 bits per heavy atom. The number of imidazole rings is 1. The standard InChI is InChI=1S/C12H12BrF2N3/c1-7(12-16-3-4-18(12)2)17-11-6-9(14)8(13)5-10(11)15/h3-7,17H,1-2H3. The Balaban J connectivity index is 2.24. The number of rotatable bonds is 3. The van der Waals surface area contributed by atoms with Gasteiger partial charge in [0.1, 0.15) is 17.5 Å². The topological polar surface area (TPSA) is 29.9 Å². The van der Waals surface area contributed by atoms with Crippen LogP contribution in [0.3, 0.4) is 0 Å². The minimum atomic E-state index is -0.510. The highest BCUT2D eigenvalue weighted by Gasteiger charge is 2.14. The van der Waals surface area contributed by atoms with E-state index in [0.717, 1.165) is 18.0 Å². The molecule has 2 aromatic rings. The van der Waals surface area contributed by atoms with E-state index in [0.29, 0.717) is 0 Å². The van der Waals surface area contributed by atoms with Crippen LogP contribution in [-0.4, -0.2) is 9.55 Å². The van der Waals surface area contributed by atoms with E-state index in [-0.39, 0.29) is 16.2 Å². The quantitative estimate of drug-likeness (QED) is 0.876. The number of benzene rings is 1. The highest BCUT2D eigenvalue weighted by Crippen LogP contribution is 2.26. The lowest BCUT2D eigenvalue weighted by molar-refractivity contribution is 0.593. The number of aryl methyl sites for hydroxylation is 1. The van der Waals surface area contributed by atoms with Gasteiger partial charge < -0.3 is 9.88 Å². The van der Waals surface area contributed by atoms with Gasteiger partial charge in [0, 0.05) is 25.5 Å². The predicted octanol–water partition coefficient (Wildman–Crippen LogP) is 3.63. The van der Waals surface area contributed by atoms with Gasteiger partial charge in [0.15, 0.2) is 0 Å². The summed E-state index contributed by atoms with van der Waals surface area (Å²) < 4.78 is 28.9. The van der Waals surface area contributed by atoms with E-state index in [2.05, 4.69) is 26.2 Å². The van der Waals surface area contributed by atoms with Crippen molar-refractivity contribution in [2.45, 2.75) is 13.0 Å². The van der Waals surface area contributed by atoms with Crippen molar-refractivity contribution < 1.29 is 8.78 Å². The molecular weight excluding hydrogens is 304 g/mol. The molecule has 18 heavy (non-hydrogen) atoms. The van der Waals surface area contributed by atoms with Gasteiger partial charge in [-0.15, -0.1) is 0 Å². The highest BCUT2D eigenvalue weighted by molar-refractivity contribution is 9.10. The first-order chi connectivity index (χ1) is 8.49. The van der Waals surface area contributed by atoms with E-state index in [9.17, 15) is 8.78 Å². The number of hydrogen-bond acceptors (Lipinski definition) is 2.